The highest BCUT2D eigenvalue weighted by molar-refractivity contribution is 7.07. The predicted molar refractivity (Wildman–Crippen MR) is 84.9 cm³/mol. The fraction of sp³-hybridized carbons (Fsp3) is 0.333. The molecular formula is C15H12F6N2O3S. The summed E-state index contributed by atoms with van der Waals surface area (Å²) < 4.78 is 81.0. The van der Waals surface area contributed by atoms with Crippen LogP contribution in [0, 0.1) is 6.92 Å². The number of carbonyl (C=O) groups is 1. The summed E-state index contributed by atoms with van der Waals surface area (Å²) >= 11 is 0.828. The molecule has 0 atom stereocenters. The Morgan fingerprint density at radius 1 is 1.22 bits per heavy atom. The van der Waals surface area contributed by atoms with Gasteiger partial charge in [-0.15, -0.1) is 0 Å². The Morgan fingerprint density at radius 2 is 1.89 bits per heavy atom. The van der Waals surface area contributed by atoms with Crippen LogP contribution < -0.4 is 14.9 Å². The summed E-state index contributed by atoms with van der Waals surface area (Å²) in [5.41, 5.74) is -1.31. The van der Waals surface area contributed by atoms with Gasteiger partial charge < -0.3 is 10.1 Å². The van der Waals surface area contributed by atoms with E-state index in [9.17, 15) is 35.9 Å². The summed E-state index contributed by atoms with van der Waals surface area (Å²) in [6, 6.07) is 1.69. The minimum atomic E-state index is -4.77. The molecule has 1 aromatic heterocycles. The highest BCUT2D eigenvalue weighted by Gasteiger charge is 2.33. The molecule has 0 saturated heterocycles. The number of amides is 1. The molecule has 2 aromatic rings. The normalized spacial score (nSPS) is 12.1. The van der Waals surface area contributed by atoms with Gasteiger partial charge in [-0.3, -0.25) is 14.2 Å². The number of hydrogen-bond donors (Lipinski definition) is 1. The van der Waals surface area contributed by atoms with Crippen LogP contribution in [0.4, 0.5) is 32.0 Å². The molecule has 148 valence electrons. The van der Waals surface area contributed by atoms with E-state index in [2.05, 4.69) is 10.1 Å². The molecule has 0 spiro atoms. The second kappa shape index (κ2) is 7.62. The monoisotopic (exact) mass is 414 g/mol. The Labute approximate surface area is 152 Å². The van der Waals surface area contributed by atoms with E-state index in [1.54, 1.807) is 6.92 Å². The number of anilines is 1. The van der Waals surface area contributed by atoms with Crippen molar-refractivity contribution < 1.29 is 35.9 Å². The molecule has 1 N–H and O–H groups in total. The van der Waals surface area contributed by atoms with Crippen LogP contribution in [0.3, 0.4) is 0 Å². The zero-order valence-corrected chi connectivity index (χ0v) is 14.4. The zero-order valence-electron chi connectivity index (χ0n) is 13.6. The van der Waals surface area contributed by atoms with E-state index in [1.165, 1.54) is 5.38 Å². The van der Waals surface area contributed by atoms with Crippen LogP contribution in [0.5, 0.6) is 5.75 Å². The van der Waals surface area contributed by atoms with Gasteiger partial charge in [-0.25, -0.2) is 0 Å². The summed E-state index contributed by atoms with van der Waals surface area (Å²) in [6.45, 7) is -0.708. The topological polar surface area (TPSA) is 60.3 Å². The van der Waals surface area contributed by atoms with Crippen LogP contribution in [0.2, 0.25) is 0 Å². The molecule has 1 aromatic carbocycles. The number of rotatable bonds is 5. The fourth-order valence-corrected chi connectivity index (χ4v) is 2.75. The number of aromatic nitrogens is 1. The van der Waals surface area contributed by atoms with Crippen molar-refractivity contribution in [2.24, 2.45) is 0 Å². The lowest BCUT2D eigenvalue weighted by Gasteiger charge is -2.16. The zero-order chi connectivity index (χ0) is 20.4. The van der Waals surface area contributed by atoms with Gasteiger partial charge >= 0.3 is 17.2 Å². The van der Waals surface area contributed by atoms with Gasteiger partial charge in [0.15, 0.2) is 6.61 Å². The van der Waals surface area contributed by atoms with E-state index in [1.807, 2.05) is 0 Å². The van der Waals surface area contributed by atoms with Crippen LogP contribution in [-0.4, -0.2) is 23.3 Å². The third-order valence-corrected chi connectivity index (χ3v) is 4.13. The number of ether oxygens (including phenoxy) is 1. The third-order valence-electron chi connectivity index (χ3n) is 3.25. The maximum Gasteiger partial charge on any atom is 0.422 e. The molecule has 0 aliphatic rings. The van der Waals surface area contributed by atoms with Gasteiger partial charge in [-0.2, -0.15) is 26.3 Å². The number of benzene rings is 1. The van der Waals surface area contributed by atoms with Gasteiger partial charge in [0.05, 0.1) is 11.3 Å². The molecule has 0 aliphatic carbocycles. The smallest absolute Gasteiger partial charge is 0.422 e. The predicted octanol–water partition coefficient (Wildman–Crippen LogP) is 3.82. The average molecular weight is 414 g/mol. The van der Waals surface area contributed by atoms with Gasteiger partial charge in [0.25, 0.3) is 0 Å². The van der Waals surface area contributed by atoms with E-state index in [0.717, 1.165) is 15.9 Å². The molecule has 12 heteroatoms. The standard InChI is InChI=1S/C15H12F6N2O3S/c1-8-6-27-13(25)23(8)5-12(24)22-10-4-9(15(19,20)21)2-3-11(10)26-7-14(16,17)18/h2-4,6H,5,7H2,1H3,(H,22,24). The SMILES string of the molecule is Cc1csc(=O)n1CC(=O)Nc1cc(C(F)(F)F)ccc1OCC(F)(F)F. The molecule has 0 saturated carbocycles. The quantitative estimate of drug-likeness (QED) is 0.757. The number of hydrogen-bond acceptors (Lipinski definition) is 4. The molecule has 1 amide bonds. The van der Waals surface area contributed by atoms with Crippen molar-refractivity contribution in [3.05, 3.63) is 44.5 Å². The van der Waals surface area contributed by atoms with Crippen molar-refractivity contribution in [3.63, 3.8) is 0 Å². The lowest BCUT2D eigenvalue weighted by molar-refractivity contribution is -0.153. The van der Waals surface area contributed by atoms with E-state index in [4.69, 9.17) is 0 Å². The van der Waals surface area contributed by atoms with Crippen LogP contribution in [-0.2, 0) is 17.5 Å². The molecule has 0 unspecified atom stereocenters. The van der Waals surface area contributed by atoms with Crippen molar-refractivity contribution in [1.82, 2.24) is 4.57 Å². The van der Waals surface area contributed by atoms with E-state index >= 15 is 0 Å². The Kier molecular flexibility index (Phi) is 5.88. The first kappa shape index (κ1) is 20.8. The number of nitrogens with one attached hydrogen (secondary N) is 1. The number of thiazole rings is 1. The van der Waals surface area contributed by atoms with Crippen molar-refractivity contribution >= 4 is 22.9 Å². The number of halogens is 6. The summed E-state index contributed by atoms with van der Waals surface area (Å²) in [4.78, 5) is 23.2. The second-order valence-corrected chi connectivity index (χ2v) is 6.21. The molecular weight excluding hydrogens is 402 g/mol. The van der Waals surface area contributed by atoms with Crippen LogP contribution in [0.1, 0.15) is 11.3 Å². The summed E-state index contributed by atoms with van der Waals surface area (Å²) in [6.07, 6.45) is -9.49. The number of alkyl halides is 6. The minimum Gasteiger partial charge on any atom is -0.482 e. The maximum atomic E-state index is 12.8. The lowest BCUT2D eigenvalue weighted by atomic mass is 10.1. The van der Waals surface area contributed by atoms with Crippen molar-refractivity contribution in [2.75, 3.05) is 11.9 Å². The minimum absolute atomic E-state index is 0.456. The Balaban J connectivity index is 2.27. The first-order valence-corrected chi connectivity index (χ1v) is 8.10. The molecule has 0 radical (unpaired) electrons. The number of aryl methyl sites for hydroxylation is 1. The summed E-state index contributed by atoms with van der Waals surface area (Å²) in [5, 5.41) is 3.55. The number of nitrogens with zero attached hydrogens (tertiary/aromatic N) is 1. The van der Waals surface area contributed by atoms with Crippen molar-refractivity contribution in [3.8, 4) is 5.75 Å². The van der Waals surface area contributed by atoms with Gasteiger partial charge in [0, 0.05) is 11.1 Å². The van der Waals surface area contributed by atoms with Gasteiger partial charge in [0.1, 0.15) is 12.3 Å². The summed E-state index contributed by atoms with van der Waals surface area (Å²) in [7, 11) is 0. The highest BCUT2D eigenvalue weighted by atomic mass is 32.1. The lowest BCUT2D eigenvalue weighted by Crippen LogP contribution is -2.26. The Bertz CT molecular complexity index is 885. The van der Waals surface area contributed by atoms with Gasteiger partial charge in [-0.1, -0.05) is 11.3 Å². The van der Waals surface area contributed by atoms with Gasteiger partial charge in [0.2, 0.25) is 5.91 Å². The van der Waals surface area contributed by atoms with E-state index < -0.39 is 53.3 Å². The molecule has 0 aliphatic heterocycles. The van der Waals surface area contributed by atoms with E-state index in [-0.39, 0.29) is 0 Å². The van der Waals surface area contributed by atoms with Gasteiger partial charge in [-0.05, 0) is 25.1 Å². The molecule has 0 fully saturated rings. The highest BCUT2D eigenvalue weighted by Crippen LogP contribution is 2.35. The first-order valence-electron chi connectivity index (χ1n) is 7.22. The third kappa shape index (κ3) is 5.74. The maximum absolute atomic E-state index is 12.8. The molecule has 5 nitrogen and oxygen atoms in total. The molecule has 0 bridgehead atoms. The van der Waals surface area contributed by atoms with Crippen molar-refractivity contribution in [2.45, 2.75) is 25.8 Å². The molecule has 2 rings (SSSR count). The van der Waals surface area contributed by atoms with Crippen LogP contribution >= 0.6 is 11.3 Å². The fourth-order valence-electron chi connectivity index (χ4n) is 2.02. The Morgan fingerprint density at radius 3 is 2.41 bits per heavy atom. The number of carbonyl (C=O) groups excluding carboxylic acids is 1. The second-order valence-electron chi connectivity index (χ2n) is 5.39. The van der Waals surface area contributed by atoms with Crippen LogP contribution in [0.15, 0.2) is 28.4 Å². The van der Waals surface area contributed by atoms with Crippen molar-refractivity contribution in [1.29, 1.82) is 0 Å². The molecule has 1 heterocycles. The van der Waals surface area contributed by atoms with E-state index in [0.29, 0.717) is 23.9 Å². The Hall–Kier alpha value is -2.50. The first-order chi connectivity index (χ1) is 12.4. The molecule has 27 heavy (non-hydrogen) atoms. The summed E-state index contributed by atoms with van der Waals surface area (Å²) in [5.74, 6) is -1.47. The largest absolute Gasteiger partial charge is 0.482 e. The van der Waals surface area contributed by atoms with Crippen LogP contribution in [0.25, 0.3) is 0 Å². The average Bonchev–Trinajstić information content (AvgIpc) is 2.83.